The molecule has 6 nitrogen and oxygen atoms in total. The van der Waals surface area contributed by atoms with Crippen molar-refractivity contribution in [2.45, 2.75) is 32.9 Å². The van der Waals surface area contributed by atoms with Gasteiger partial charge in [0.05, 0.1) is 23.8 Å². The molecule has 2 aromatic rings. The number of ether oxygens (including phenoxy) is 1. The van der Waals surface area contributed by atoms with Gasteiger partial charge in [-0.15, -0.1) is 0 Å². The fraction of sp³-hybridized carbons (Fsp3) is 0.286. The van der Waals surface area contributed by atoms with Crippen LogP contribution in [0.3, 0.4) is 0 Å². The fourth-order valence-electron chi connectivity index (χ4n) is 3.11. The Morgan fingerprint density at radius 2 is 1.56 bits per heavy atom. The molecule has 3 amide bonds. The second-order valence-electron chi connectivity index (χ2n) is 6.43. The second kappa shape index (κ2) is 7.61. The molecule has 0 spiro atoms. The highest BCUT2D eigenvalue weighted by molar-refractivity contribution is 6.22. The van der Waals surface area contributed by atoms with E-state index in [1.165, 1.54) is 0 Å². The molecule has 2 unspecified atom stereocenters. The van der Waals surface area contributed by atoms with Gasteiger partial charge < -0.3 is 10.1 Å². The molecular weight excluding hydrogens is 344 g/mol. The van der Waals surface area contributed by atoms with E-state index in [4.69, 9.17) is 4.74 Å². The van der Waals surface area contributed by atoms with Crippen LogP contribution in [0.2, 0.25) is 0 Å². The predicted octanol–water partition coefficient (Wildman–Crippen LogP) is 2.95. The van der Waals surface area contributed by atoms with E-state index in [1.54, 1.807) is 31.2 Å². The van der Waals surface area contributed by atoms with Crippen LogP contribution in [0, 0.1) is 0 Å². The van der Waals surface area contributed by atoms with Crippen molar-refractivity contribution in [3.05, 3.63) is 65.2 Å². The normalized spacial score (nSPS) is 15.3. The molecule has 0 saturated heterocycles. The molecule has 6 heteroatoms. The van der Waals surface area contributed by atoms with Gasteiger partial charge >= 0.3 is 0 Å². The van der Waals surface area contributed by atoms with Gasteiger partial charge in [-0.05, 0) is 50.6 Å². The van der Waals surface area contributed by atoms with Crippen molar-refractivity contribution in [1.82, 2.24) is 10.2 Å². The number of hydrogen-bond acceptors (Lipinski definition) is 4. The van der Waals surface area contributed by atoms with Crippen molar-refractivity contribution in [1.29, 1.82) is 0 Å². The topological polar surface area (TPSA) is 75.7 Å². The highest BCUT2D eigenvalue weighted by atomic mass is 16.5. The maximum atomic E-state index is 12.6. The maximum absolute atomic E-state index is 12.6. The summed E-state index contributed by atoms with van der Waals surface area (Å²) in [5.74, 6) is -0.496. The van der Waals surface area contributed by atoms with E-state index >= 15 is 0 Å². The Bertz CT molecular complexity index is 841. The third kappa shape index (κ3) is 3.56. The lowest BCUT2D eigenvalue weighted by Crippen LogP contribution is -2.48. The number of rotatable bonds is 6. The summed E-state index contributed by atoms with van der Waals surface area (Å²) >= 11 is 0. The molecule has 2 atom stereocenters. The molecular formula is C21H22N2O4. The first-order valence-corrected chi connectivity index (χ1v) is 8.94. The smallest absolute Gasteiger partial charge is 0.262 e. The molecule has 2 aromatic carbocycles. The number of carbonyl (C=O) groups excluding carboxylic acids is 3. The molecule has 0 aromatic heterocycles. The Hall–Kier alpha value is -3.15. The Labute approximate surface area is 158 Å². The summed E-state index contributed by atoms with van der Waals surface area (Å²) < 4.78 is 5.41. The largest absolute Gasteiger partial charge is 0.494 e. The Morgan fingerprint density at radius 3 is 2.07 bits per heavy atom. The van der Waals surface area contributed by atoms with Gasteiger partial charge in [-0.1, -0.05) is 24.3 Å². The highest BCUT2D eigenvalue weighted by Crippen LogP contribution is 2.25. The van der Waals surface area contributed by atoms with E-state index in [-0.39, 0.29) is 11.9 Å². The van der Waals surface area contributed by atoms with Crippen LogP contribution in [-0.4, -0.2) is 35.3 Å². The van der Waals surface area contributed by atoms with Gasteiger partial charge in [0.15, 0.2) is 0 Å². The lowest BCUT2D eigenvalue weighted by molar-refractivity contribution is -0.125. The van der Waals surface area contributed by atoms with E-state index in [0.29, 0.717) is 17.7 Å². The van der Waals surface area contributed by atoms with Crippen LogP contribution in [0.15, 0.2) is 48.5 Å². The van der Waals surface area contributed by atoms with Crippen LogP contribution in [-0.2, 0) is 4.79 Å². The van der Waals surface area contributed by atoms with Crippen LogP contribution in [0.25, 0.3) is 0 Å². The van der Waals surface area contributed by atoms with Gasteiger partial charge in [-0.2, -0.15) is 0 Å². The SMILES string of the molecule is CCOc1ccc(C(C)NC(=O)C(C)N2C(=O)c3ccccc3C2=O)cc1. The molecule has 3 rings (SSSR count). The molecule has 1 aliphatic rings. The first kappa shape index (κ1) is 18.6. The van der Waals surface area contributed by atoms with Crippen LogP contribution in [0.5, 0.6) is 5.75 Å². The monoisotopic (exact) mass is 366 g/mol. The molecule has 27 heavy (non-hydrogen) atoms. The fourth-order valence-corrected chi connectivity index (χ4v) is 3.11. The maximum Gasteiger partial charge on any atom is 0.262 e. The summed E-state index contributed by atoms with van der Waals surface area (Å²) in [7, 11) is 0. The molecule has 1 heterocycles. The third-order valence-electron chi connectivity index (χ3n) is 4.64. The number of hydrogen-bond donors (Lipinski definition) is 1. The zero-order valence-electron chi connectivity index (χ0n) is 15.6. The van der Waals surface area contributed by atoms with Crippen LogP contribution in [0.4, 0.5) is 0 Å². The predicted molar refractivity (Wildman–Crippen MR) is 101 cm³/mol. The van der Waals surface area contributed by atoms with Crippen molar-refractivity contribution in [2.75, 3.05) is 6.61 Å². The summed E-state index contributed by atoms with van der Waals surface area (Å²) in [6.07, 6.45) is 0. The molecule has 0 aliphatic carbocycles. The van der Waals surface area contributed by atoms with Crippen molar-refractivity contribution in [3.63, 3.8) is 0 Å². The summed E-state index contributed by atoms with van der Waals surface area (Å²) in [5, 5.41) is 2.87. The molecule has 1 N–H and O–H groups in total. The minimum absolute atomic E-state index is 0.272. The zero-order chi connectivity index (χ0) is 19.6. The molecule has 0 bridgehead atoms. The van der Waals surface area contributed by atoms with E-state index in [9.17, 15) is 14.4 Å². The third-order valence-corrected chi connectivity index (χ3v) is 4.64. The zero-order valence-corrected chi connectivity index (χ0v) is 15.6. The van der Waals surface area contributed by atoms with Crippen LogP contribution in [0.1, 0.15) is 53.1 Å². The first-order chi connectivity index (χ1) is 12.9. The highest BCUT2D eigenvalue weighted by Gasteiger charge is 2.40. The summed E-state index contributed by atoms with van der Waals surface area (Å²) in [6, 6.07) is 12.9. The van der Waals surface area contributed by atoms with E-state index in [1.807, 2.05) is 38.1 Å². The van der Waals surface area contributed by atoms with Gasteiger partial charge in [0, 0.05) is 0 Å². The Morgan fingerprint density at radius 1 is 1.00 bits per heavy atom. The minimum Gasteiger partial charge on any atom is -0.494 e. The molecule has 0 fully saturated rings. The number of fused-ring (bicyclic) bond motifs is 1. The lowest BCUT2D eigenvalue weighted by atomic mass is 10.1. The first-order valence-electron chi connectivity index (χ1n) is 8.94. The number of imide groups is 1. The number of carbonyl (C=O) groups is 3. The lowest BCUT2D eigenvalue weighted by Gasteiger charge is -2.24. The summed E-state index contributed by atoms with van der Waals surface area (Å²) in [6.45, 7) is 5.91. The van der Waals surface area contributed by atoms with E-state index in [0.717, 1.165) is 16.2 Å². The number of nitrogens with zero attached hydrogens (tertiary/aromatic N) is 1. The van der Waals surface area contributed by atoms with E-state index < -0.39 is 17.9 Å². The number of benzene rings is 2. The molecule has 140 valence electrons. The van der Waals surface area contributed by atoms with Crippen molar-refractivity contribution in [2.24, 2.45) is 0 Å². The number of nitrogens with one attached hydrogen (secondary N) is 1. The van der Waals surface area contributed by atoms with Crippen LogP contribution >= 0.6 is 0 Å². The molecule has 0 radical (unpaired) electrons. The van der Waals surface area contributed by atoms with Gasteiger partial charge in [0.25, 0.3) is 11.8 Å². The van der Waals surface area contributed by atoms with Gasteiger partial charge in [0.1, 0.15) is 11.8 Å². The summed E-state index contributed by atoms with van der Waals surface area (Å²) in [4.78, 5) is 38.7. The second-order valence-corrected chi connectivity index (χ2v) is 6.43. The quantitative estimate of drug-likeness (QED) is 0.798. The minimum atomic E-state index is -0.900. The molecule has 0 saturated carbocycles. The van der Waals surface area contributed by atoms with Gasteiger partial charge in [-0.25, -0.2) is 0 Å². The Balaban J connectivity index is 1.69. The van der Waals surface area contributed by atoms with Crippen molar-refractivity contribution < 1.29 is 19.1 Å². The molecule has 1 aliphatic heterocycles. The van der Waals surface area contributed by atoms with E-state index in [2.05, 4.69) is 5.32 Å². The van der Waals surface area contributed by atoms with Crippen molar-refractivity contribution >= 4 is 17.7 Å². The summed E-state index contributed by atoms with van der Waals surface area (Å²) in [5.41, 5.74) is 1.57. The van der Waals surface area contributed by atoms with Crippen molar-refractivity contribution in [3.8, 4) is 5.75 Å². The standard InChI is InChI=1S/C21H22N2O4/c1-4-27-16-11-9-15(10-12-16)13(2)22-19(24)14(3)23-20(25)17-7-5-6-8-18(17)21(23)26/h5-14H,4H2,1-3H3,(H,22,24). The van der Waals surface area contributed by atoms with Gasteiger partial charge in [0.2, 0.25) is 5.91 Å². The van der Waals surface area contributed by atoms with Crippen LogP contribution < -0.4 is 10.1 Å². The number of amides is 3. The average Bonchev–Trinajstić information content (AvgIpc) is 2.93. The van der Waals surface area contributed by atoms with Gasteiger partial charge in [-0.3, -0.25) is 19.3 Å². The Kier molecular flexibility index (Phi) is 5.26. The average molecular weight is 366 g/mol.